The van der Waals surface area contributed by atoms with Crippen LogP contribution < -0.4 is 5.73 Å². The lowest BCUT2D eigenvalue weighted by Gasteiger charge is -2.12. The van der Waals surface area contributed by atoms with Crippen LogP contribution in [0.5, 0.6) is 0 Å². The average molecular weight is 221 g/mol. The predicted octanol–water partition coefficient (Wildman–Crippen LogP) is 0.385. The van der Waals surface area contributed by atoms with Crippen molar-refractivity contribution in [2.45, 2.75) is 31.1 Å². The molecule has 0 aliphatic carbocycles. The number of aliphatic carboxylic acids is 2. The van der Waals surface area contributed by atoms with Gasteiger partial charge in [-0.2, -0.15) is 0 Å². The van der Waals surface area contributed by atoms with Gasteiger partial charge >= 0.3 is 11.9 Å². The van der Waals surface area contributed by atoms with Crippen LogP contribution in [-0.2, 0) is 9.59 Å². The number of carboxylic acid groups (broad SMARTS) is 2. The first kappa shape index (κ1) is 13.2. The third-order valence-electron chi connectivity index (χ3n) is 1.62. The third-order valence-corrected chi connectivity index (χ3v) is 3.01. The van der Waals surface area contributed by atoms with Crippen LogP contribution in [0.4, 0.5) is 0 Å². The molecule has 0 aromatic heterocycles. The maximum Gasteiger partial charge on any atom is 0.321 e. The molecule has 5 nitrogen and oxygen atoms in total. The van der Waals surface area contributed by atoms with E-state index in [2.05, 4.69) is 0 Å². The van der Waals surface area contributed by atoms with Gasteiger partial charge in [-0.05, 0) is 6.42 Å². The molecule has 0 saturated carbocycles. The zero-order valence-electron chi connectivity index (χ0n) is 7.97. The minimum Gasteiger partial charge on any atom is -0.480 e. The summed E-state index contributed by atoms with van der Waals surface area (Å²) in [5.41, 5.74) is 5.25. The Morgan fingerprint density at radius 2 is 1.93 bits per heavy atom. The fourth-order valence-electron chi connectivity index (χ4n) is 0.831. The molecule has 0 aromatic carbocycles. The lowest BCUT2D eigenvalue weighted by atomic mass is 10.2. The van der Waals surface area contributed by atoms with E-state index in [0.717, 1.165) is 18.2 Å². The molecule has 4 N–H and O–H groups in total. The Morgan fingerprint density at radius 1 is 1.36 bits per heavy atom. The van der Waals surface area contributed by atoms with Gasteiger partial charge in [0.15, 0.2) is 0 Å². The molecule has 1 unspecified atom stereocenters. The largest absolute Gasteiger partial charge is 0.480 e. The SMILES string of the molecule is CCCC(SC[C@@H](N)C(=O)O)C(=O)O. The van der Waals surface area contributed by atoms with Crippen molar-refractivity contribution in [2.24, 2.45) is 5.73 Å². The van der Waals surface area contributed by atoms with E-state index >= 15 is 0 Å². The van der Waals surface area contributed by atoms with Gasteiger partial charge in [-0.25, -0.2) is 0 Å². The summed E-state index contributed by atoms with van der Waals surface area (Å²) >= 11 is 1.09. The van der Waals surface area contributed by atoms with Crippen molar-refractivity contribution in [3.63, 3.8) is 0 Å². The van der Waals surface area contributed by atoms with Crippen LogP contribution in [0.3, 0.4) is 0 Å². The Bertz CT molecular complexity index is 210. The van der Waals surface area contributed by atoms with Crippen molar-refractivity contribution in [2.75, 3.05) is 5.75 Å². The molecule has 0 heterocycles. The van der Waals surface area contributed by atoms with E-state index in [1.165, 1.54) is 0 Å². The van der Waals surface area contributed by atoms with Crippen molar-refractivity contribution in [3.8, 4) is 0 Å². The first-order valence-corrected chi connectivity index (χ1v) is 5.36. The van der Waals surface area contributed by atoms with E-state index in [9.17, 15) is 9.59 Å². The van der Waals surface area contributed by atoms with Crippen molar-refractivity contribution in [3.05, 3.63) is 0 Å². The summed E-state index contributed by atoms with van der Waals surface area (Å²) < 4.78 is 0. The maximum absolute atomic E-state index is 10.7. The van der Waals surface area contributed by atoms with Gasteiger partial charge in [0.2, 0.25) is 0 Å². The van der Waals surface area contributed by atoms with Crippen molar-refractivity contribution in [1.29, 1.82) is 0 Å². The van der Waals surface area contributed by atoms with Gasteiger partial charge in [-0.3, -0.25) is 9.59 Å². The van der Waals surface area contributed by atoms with Gasteiger partial charge in [-0.1, -0.05) is 13.3 Å². The van der Waals surface area contributed by atoms with Gasteiger partial charge in [0.1, 0.15) is 11.3 Å². The molecule has 0 amide bonds. The van der Waals surface area contributed by atoms with E-state index in [-0.39, 0.29) is 5.75 Å². The highest BCUT2D eigenvalue weighted by Gasteiger charge is 2.20. The van der Waals surface area contributed by atoms with Gasteiger partial charge in [0, 0.05) is 5.75 Å². The fraction of sp³-hybridized carbons (Fsp3) is 0.750. The molecular weight excluding hydrogens is 206 g/mol. The second-order valence-electron chi connectivity index (χ2n) is 2.89. The van der Waals surface area contributed by atoms with E-state index in [1.54, 1.807) is 0 Å². The number of hydrogen-bond donors (Lipinski definition) is 3. The van der Waals surface area contributed by atoms with E-state index in [1.807, 2.05) is 6.92 Å². The first-order chi connectivity index (χ1) is 6.49. The van der Waals surface area contributed by atoms with Crippen LogP contribution >= 0.6 is 11.8 Å². The summed E-state index contributed by atoms with van der Waals surface area (Å²) in [4.78, 5) is 21.0. The van der Waals surface area contributed by atoms with Crippen LogP contribution in [0.1, 0.15) is 19.8 Å². The molecule has 0 radical (unpaired) electrons. The summed E-state index contributed by atoms with van der Waals surface area (Å²) in [5.74, 6) is -1.88. The Morgan fingerprint density at radius 3 is 2.29 bits per heavy atom. The normalized spacial score (nSPS) is 14.7. The monoisotopic (exact) mass is 221 g/mol. The minimum absolute atomic E-state index is 0.131. The van der Waals surface area contributed by atoms with E-state index in [0.29, 0.717) is 6.42 Å². The number of rotatable bonds is 7. The zero-order chi connectivity index (χ0) is 11.1. The Kier molecular flexibility index (Phi) is 6.31. The van der Waals surface area contributed by atoms with Crippen molar-refractivity contribution >= 4 is 23.7 Å². The summed E-state index contributed by atoms with van der Waals surface area (Å²) in [7, 11) is 0. The highest BCUT2D eigenvalue weighted by Crippen LogP contribution is 2.17. The van der Waals surface area contributed by atoms with Gasteiger partial charge < -0.3 is 15.9 Å². The predicted molar refractivity (Wildman–Crippen MR) is 54.4 cm³/mol. The smallest absolute Gasteiger partial charge is 0.321 e. The third kappa shape index (κ3) is 5.08. The molecule has 2 atom stereocenters. The molecular formula is C8H15NO4S. The summed E-state index contributed by atoms with van der Waals surface area (Å²) in [6.07, 6.45) is 1.29. The highest BCUT2D eigenvalue weighted by atomic mass is 32.2. The maximum atomic E-state index is 10.7. The van der Waals surface area contributed by atoms with Gasteiger partial charge in [0.05, 0.1) is 0 Å². The molecule has 0 aromatic rings. The Labute approximate surface area is 86.7 Å². The molecule has 0 saturated heterocycles. The topological polar surface area (TPSA) is 101 Å². The second kappa shape index (κ2) is 6.67. The van der Waals surface area contributed by atoms with Crippen LogP contribution in [0, 0.1) is 0 Å². The second-order valence-corrected chi connectivity index (χ2v) is 4.13. The van der Waals surface area contributed by atoms with Gasteiger partial charge in [-0.15, -0.1) is 11.8 Å². The highest BCUT2D eigenvalue weighted by molar-refractivity contribution is 8.00. The summed E-state index contributed by atoms with van der Waals surface area (Å²) in [5, 5.41) is 16.7. The molecule has 14 heavy (non-hydrogen) atoms. The molecule has 82 valence electrons. The first-order valence-electron chi connectivity index (χ1n) is 4.31. The van der Waals surface area contributed by atoms with Crippen LogP contribution in [-0.4, -0.2) is 39.2 Å². The number of carbonyl (C=O) groups is 2. The van der Waals surface area contributed by atoms with Crippen LogP contribution in [0.25, 0.3) is 0 Å². The number of thioether (sulfide) groups is 1. The van der Waals surface area contributed by atoms with E-state index < -0.39 is 23.2 Å². The van der Waals surface area contributed by atoms with Crippen LogP contribution in [0.15, 0.2) is 0 Å². The Balaban J connectivity index is 3.93. The summed E-state index contributed by atoms with van der Waals surface area (Å²) in [6, 6.07) is -0.987. The van der Waals surface area contributed by atoms with Gasteiger partial charge in [0.25, 0.3) is 0 Å². The molecule has 6 heteroatoms. The molecule has 0 rings (SSSR count). The summed E-state index contributed by atoms with van der Waals surface area (Å²) in [6.45, 7) is 1.88. The standard InChI is InChI=1S/C8H15NO4S/c1-2-3-6(8(12)13)14-4-5(9)7(10)11/h5-6H,2-4,9H2,1H3,(H,10,11)(H,12,13)/t5-,6?/m1/s1. The number of nitrogens with two attached hydrogens (primary N) is 1. The van der Waals surface area contributed by atoms with Crippen molar-refractivity contribution in [1.82, 2.24) is 0 Å². The fourth-order valence-corrected chi connectivity index (χ4v) is 1.96. The van der Waals surface area contributed by atoms with E-state index in [4.69, 9.17) is 15.9 Å². The zero-order valence-corrected chi connectivity index (χ0v) is 8.79. The molecule has 0 aliphatic rings. The average Bonchev–Trinajstić information content (AvgIpc) is 2.10. The van der Waals surface area contributed by atoms with Crippen molar-refractivity contribution < 1.29 is 19.8 Å². The molecule has 0 bridgehead atoms. The lowest BCUT2D eigenvalue weighted by molar-refractivity contribution is -0.138. The van der Waals surface area contributed by atoms with Crippen LogP contribution in [0.2, 0.25) is 0 Å². The number of hydrogen-bond acceptors (Lipinski definition) is 4. The quantitative estimate of drug-likeness (QED) is 0.574. The Hall–Kier alpha value is -0.750. The molecule has 0 spiro atoms. The number of carboxylic acids is 2. The molecule has 0 fully saturated rings. The minimum atomic E-state index is -1.10. The lowest BCUT2D eigenvalue weighted by Crippen LogP contribution is -2.34. The molecule has 0 aliphatic heterocycles.